The maximum absolute atomic E-state index is 12.4. The predicted molar refractivity (Wildman–Crippen MR) is 79.7 cm³/mol. The molecule has 0 aliphatic heterocycles. The number of sulfonamides is 1. The molecule has 1 aromatic heterocycles. The number of ether oxygens (including phenoxy) is 1. The van der Waals surface area contributed by atoms with E-state index < -0.39 is 10.0 Å². The van der Waals surface area contributed by atoms with Crippen LogP contribution in [0, 0.1) is 0 Å². The maximum Gasteiger partial charge on any atom is 0.244 e. The third-order valence-electron chi connectivity index (χ3n) is 2.70. The van der Waals surface area contributed by atoms with Crippen molar-refractivity contribution in [2.24, 2.45) is 0 Å². The van der Waals surface area contributed by atoms with E-state index >= 15 is 0 Å². The van der Waals surface area contributed by atoms with Crippen molar-refractivity contribution in [3.05, 3.63) is 17.3 Å². The summed E-state index contributed by atoms with van der Waals surface area (Å²) in [5, 5.41) is 3.25. The van der Waals surface area contributed by atoms with Gasteiger partial charge in [0.25, 0.3) is 0 Å². The highest BCUT2D eigenvalue weighted by Gasteiger charge is 2.24. The van der Waals surface area contributed by atoms with Crippen molar-refractivity contribution in [3.8, 4) is 0 Å². The van der Waals surface area contributed by atoms with Gasteiger partial charge in [-0.3, -0.25) is 0 Å². The van der Waals surface area contributed by atoms with E-state index in [-0.39, 0.29) is 9.92 Å². The molecule has 0 saturated heterocycles. The molecule has 6 nitrogen and oxygen atoms in total. The van der Waals surface area contributed by atoms with Crippen LogP contribution in [0.5, 0.6) is 0 Å². The van der Waals surface area contributed by atoms with E-state index in [4.69, 9.17) is 16.3 Å². The molecule has 1 aromatic rings. The monoisotopic (exact) mass is 321 g/mol. The number of pyridine rings is 1. The zero-order valence-corrected chi connectivity index (χ0v) is 13.5. The van der Waals surface area contributed by atoms with Crippen LogP contribution in [-0.4, -0.2) is 51.1 Å². The minimum absolute atomic E-state index is 0.0853. The van der Waals surface area contributed by atoms with Gasteiger partial charge >= 0.3 is 0 Å². The third kappa shape index (κ3) is 4.05. The van der Waals surface area contributed by atoms with Gasteiger partial charge in [0.15, 0.2) is 0 Å². The Morgan fingerprint density at radius 1 is 1.45 bits per heavy atom. The number of halogens is 1. The van der Waals surface area contributed by atoms with Gasteiger partial charge in [-0.15, -0.1) is 0 Å². The molecule has 0 amide bonds. The number of anilines is 1. The molecule has 8 heteroatoms. The summed E-state index contributed by atoms with van der Waals surface area (Å²) in [6, 6.07) is 1.41. The second-order valence-corrected chi connectivity index (χ2v) is 6.37. The number of aromatic nitrogens is 1. The predicted octanol–water partition coefficient (Wildman–Crippen LogP) is 1.82. The van der Waals surface area contributed by atoms with Crippen LogP contribution in [0.25, 0.3) is 0 Å². The minimum atomic E-state index is -3.60. The van der Waals surface area contributed by atoms with Crippen molar-refractivity contribution < 1.29 is 13.2 Å². The normalized spacial score (nSPS) is 11.8. The lowest BCUT2D eigenvalue weighted by atomic mass is 10.4. The average molecular weight is 322 g/mol. The Labute approximate surface area is 125 Å². The number of methoxy groups -OCH3 is 1. The number of rotatable bonds is 8. The minimum Gasteiger partial charge on any atom is -0.383 e. The van der Waals surface area contributed by atoms with E-state index in [1.807, 2.05) is 6.92 Å². The average Bonchev–Trinajstić information content (AvgIpc) is 2.41. The fraction of sp³-hybridized carbons (Fsp3) is 0.583. The molecule has 0 aromatic carbocycles. The van der Waals surface area contributed by atoms with Crippen LogP contribution in [0.2, 0.25) is 5.02 Å². The second kappa shape index (κ2) is 7.78. The molecular weight excluding hydrogens is 302 g/mol. The smallest absolute Gasteiger partial charge is 0.244 e. The molecule has 1 N–H and O–H groups in total. The Bertz CT molecular complexity index is 537. The molecule has 0 unspecified atom stereocenters. The van der Waals surface area contributed by atoms with Crippen molar-refractivity contribution in [1.82, 2.24) is 9.29 Å². The van der Waals surface area contributed by atoms with Crippen molar-refractivity contribution >= 4 is 27.4 Å². The fourth-order valence-electron chi connectivity index (χ4n) is 1.65. The van der Waals surface area contributed by atoms with E-state index in [9.17, 15) is 8.42 Å². The number of hydrogen-bond acceptors (Lipinski definition) is 5. The Balaban J connectivity index is 3.05. The fourth-order valence-corrected chi connectivity index (χ4v) is 3.35. The van der Waals surface area contributed by atoms with Crippen LogP contribution in [0.15, 0.2) is 17.2 Å². The molecule has 0 spiro atoms. The summed E-state index contributed by atoms with van der Waals surface area (Å²) in [5.41, 5.74) is 0. The summed E-state index contributed by atoms with van der Waals surface area (Å²) < 4.78 is 31.1. The largest absolute Gasteiger partial charge is 0.383 e. The molecule has 0 fully saturated rings. The number of nitrogens with zero attached hydrogens (tertiary/aromatic N) is 2. The van der Waals surface area contributed by atoms with Crippen LogP contribution >= 0.6 is 11.6 Å². The molecule has 0 saturated carbocycles. The summed E-state index contributed by atoms with van der Waals surface area (Å²) in [5.74, 6) is 0.480. The van der Waals surface area contributed by atoms with Gasteiger partial charge in [-0.1, -0.05) is 18.5 Å². The first-order valence-corrected chi connectivity index (χ1v) is 8.17. The summed E-state index contributed by atoms with van der Waals surface area (Å²) >= 11 is 6.03. The van der Waals surface area contributed by atoms with Gasteiger partial charge in [-0.05, 0) is 13.0 Å². The SMILES string of the molecule is CCNc1ncc(S(=O)(=O)N(CC)CCOC)cc1Cl. The maximum atomic E-state index is 12.4. The molecule has 1 rings (SSSR count). The van der Waals surface area contributed by atoms with E-state index in [2.05, 4.69) is 10.3 Å². The first-order valence-electron chi connectivity index (χ1n) is 6.35. The first-order chi connectivity index (χ1) is 9.47. The topological polar surface area (TPSA) is 71.5 Å². The number of hydrogen-bond donors (Lipinski definition) is 1. The number of nitrogens with one attached hydrogen (secondary N) is 1. The lowest BCUT2D eigenvalue weighted by Crippen LogP contribution is -2.33. The van der Waals surface area contributed by atoms with E-state index in [0.717, 1.165) is 0 Å². The summed E-state index contributed by atoms with van der Waals surface area (Å²) in [4.78, 5) is 4.14. The molecule has 0 aliphatic carbocycles. The molecule has 1 heterocycles. The lowest BCUT2D eigenvalue weighted by molar-refractivity contribution is 0.180. The van der Waals surface area contributed by atoms with Gasteiger partial charge in [0, 0.05) is 32.9 Å². The molecule has 114 valence electrons. The standard InChI is InChI=1S/C12H20ClN3O3S/c1-4-14-12-11(13)8-10(9-15-12)20(17,18)16(5-2)6-7-19-3/h8-9H,4-7H2,1-3H3,(H,14,15). The Morgan fingerprint density at radius 2 is 2.15 bits per heavy atom. The van der Waals surface area contributed by atoms with Crippen molar-refractivity contribution in [1.29, 1.82) is 0 Å². The van der Waals surface area contributed by atoms with Crippen LogP contribution in [0.4, 0.5) is 5.82 Å². The molecular formula is C12H20ClN3O3S. The lowest BCUT2D eigenvalue weighted by Gasteiger charge is -2.20. The number of likely N-dealkylation sites (N-methyl/N-ethyl adjacent to an activating group) is 1. The van der Waals surface area contributed by atoms with Crippen molar-refractivity contribution in [2.75, 3.05) is 38.7 Å². The van der Waals surface area contributed by atoms with Crippen LogP contribution in [0.1, 0.15) is 13.8 Å². The van der Waals surface area contributed by atoms with Gasteiger partial charge in [-0.2, -0.15) is 4.31 Å². The van der Waals surface area contributed by atoms with Crippen LogP contribution < -0.4 is 5.32 Å². The molecule has 0 atom stereocenters. The van der Waals surface area contributed by atoms with Gasteiger partial charge in [-0.25, -0.2) is 13.4 Å². The Hall–Kier alpha value is -0.890. The third-order valence-corrected chi connectivity index (χ3v) is 4.92. The zero-order valence-electron chi connectivity index (χ0n) is 11.9. The molecule has 0 aliphatic rings. The highest BCUT2D eigenvalue weighted by molar-refractivity contribution is 7.89. The first kappa shape index (κ1) is 17.2. The summed E-state index contributed by atoms with van der Waals surface area (Å²) in [6.07, 6.45) is 1.31. The van der Waals surface area contributed by atoms with E-state index in [1.165, 1.54) is 23.7 Å². The zero-order chi connectivity index (χ0) is 15.2. The Kier molecular flexibility index (Phi) is 6.67. The van der Waals surface area contributed by atoms with E-state index in [1.54, 1.807) is 6.92 Å². The van der Waals surface area contributed by atoms with Crippen molar-refractivity contribution in [2.45, 2.75) is 18.7 Å². The molecule has 0 radical (unpaired) electrons. The highest BCUT2D eigenvalue weighted by atomic mass is 35.5. The van der Waals surface area contributed by atoms with Crippen LogP contribution in [-0.2, 0) is 14.8 Å². The van der Waals surface area contributed by atoms with Crippen molar-refractivity contribution in [3.63, 3.8) is 0 Å². The quantitative estimate of drug-likeness (QED) is 0.791. The van der Waals surface area contributed by atoms with Gasteiger partial charge in [0.2, 0.25) is 10.0 Å². The van der Waals surface area contributed by atoms with Gasteiger partial charge in [0.1, 0.15) is 10.7 Å². The Morgan fingerprint density at radius 3 is 2.65 bits per heavy atom. The van der Waals surface area contributed by atoms with Gasteiger partial charge in [0.05, 0.1) is 11.6 Å². The molecule has 20 heavy (non-hydrogen) atoms. The van der Waals surface area contributed by atoms with Crippen LogP contribution in [0.3, 0.4) is 0 Å². The van der Waals surface area contributed by atoms with E-state index in [0.29, 0.717) is 32.1 Å². The second-order valence-electron chi connectivity index (χ2n) is 4.02. The highest BCUT2D eigenvalue weighted by Crippen LogP contribution is 2.24. The summed E-state index contributed by atoms with van der Waals surface area (Å²) in [6.45, 7) is 5.33. The summed E-state index contributed by atoms with van der Waals surface area (Å²) in [7, 11) is -2.07. The molecule has 0 bridgehead atoms. The van der Waals surface area contributed by atoms with Gasteiger partial charge < -0.3 is 10.1 Å².